The number of rotatable bonds is 12. The number of nitrogens with one attached hydrogen (secondary N) is 3. The largest absolute Gasteiger partial charge is 0.481 e. The fourth-order valence-corrected chi connectivity index (χ4v) is 2.26. The van der Waals surface area contributed by atoms with Crippen LogP contribution >= 0.6 is 12.6 Å². The number of aliphatic carboxylic acids is 2. The molecule has 4 unspecified atom stereocenters. The fraction of sp³-hybridized carbons (Fsp3) is 0.688. The first kappa shape index (κ1) is 25.7. The van der Waals surface area contributed by atoms with Crippen LogP contribution in [0.25, 0.3) is 0 Å². The minimum atomic E-state index is -1.52. The Morgan fingerprint density at radius 2 is 1.39 bits per heavy atom. The molecule has 0 bridgehead atoms. The summed E-state index contributed by atoms with van der Waals surface area (Å²) >= 11 is 3.91. The lowest BCUT2D eigenvalue weighted by Gasteiger charge is -2.24. The van der Waals surface area contributed by atoms with Gasteiger partial charge in [-0.1, -0.05) is 13.8 Å². The summed E-state index contributed by atoms with van der Waals surface area (Å²) in [6, 6.07) is -4.79. The van der Waals surface area contributed by atoms with Crippen LogP contribution in [-0.2, 0) is 24.0 Å². The highest BCUT2D eigenvalue weighted by Gasteiger charge is 2.30. The summed E-state index contributed by atoms with van der Waals surface area (Å²) in [6.07, 6.45) is -0.549. The van der Waals surface area contributed by atoms with E-state index >= 15 is 0 Å². The molecule has 0 aliphatic rings. The molecule has 0 spiro atoms. The first-order valence-electron chi connectivity index (χ1n) is 8.61. The molecule has 4 atom stereocenters. The molecule has 0 saturated heterocycles. The van der Waals surface area contributed by atoms with Gasteiger partial charge in [-0.05, 0) is 19.3 Å². The highest BCUT2D eigenvalue weighted by molar-refractivity contribution is 7.80. The van der Waals surface area contributed by atoms with Gasteiger partial charge in [-0.3, -0.25) is 24.0 Å². The molecular formula is C16H28N4O7S. The van der Waals surface area contributed by atoms with Gasteiger partial charge in [0.1, 0.15) is 18.1 Å². The van der Waals surface area contributed by atoms with Crippen molar-refractivity contribution in [3.63, 3.8) is 0 Å². The van der Waals surface area contributed by atoms with Crippen LogP contribution in [0.4, 0.5) is 0 Å². The number of nitrogens with two attached hydrogens (primary N) is 1. The second-order valence-electron chi connectivity index (χ2n) is 6.71. The Hall–Kier alpha value is -2.34. The average molecular weight is 420 g/mol. The molecule has 7 N–H and O–H groups in total. The van der Waals surface area contributed by atoms with Gasteiger partial charge in [0.2, 0.25) is 17.7 Å². The molecule has 12 heteroatoms. The van der Waals surface area contributed by atoms with Crippen molar-refractivity contribution in [1.29, 1.82) is 0 Å². The van der Waals surface area contributed by atoms with Crippen molar-refractivity contribution in [1.82, 2.24) is 16.0 Å². The number of carboxylic acid groups (broad SMARTS) is 2. The lowest BCUT2D eigenvalue weighted by atomic mass is 10.0. The maximum Gasteiger partial charge on any atom is 0.325 e. The first-order chi connectivity index (χ1) is 12.9. The molecule has 160 valence electrons. The van der Waals surface area contributed by atoms with Crippen LogP contribution in [0.15, 0.2) is 0 Å². The summed E-state index contributed by atoms with van der Waals surface area (Å²) in [6.45, 7) is 4.81. The Bertz CT molecular complexity index is 600. The van der Waals surface area contributed by atoms with Crippen molar-refractivity contribution < 1.29 is 34.2 Å². The maximum absolute atomic E-state index is 12.6. The van der Waals surface area contributed by atoms with Gasteiger partial charge in [-0.2, -0.15) is 12.6 Å². The minimum absolute atomic E-state index is 0.0120. The summed E-state index contributed by atoms with van der Waals surface area (Å²) in [7, 11) is 0. The molecule has 0 aromatic carbocycles. The molecule has 28 heavy (non-hydrogen) atoms. The van der Waals surface area contributed by atoms with E-state index in [2.05, 4.69) is 28.6 Å². The number of carboxylic acids is 2. The average Bonchev–Trinajstić information content (AvgIpc) is 2.58. The van der Waals surface area contributed by atoms with Crippen LogP contribution in [0.2, 0.25) is 0 Å². The second-order valence-corrected chi connectivity index (χ2v) is 7.07. The standard InChI is InChI=1S/C16H28N4O7S/c1-7(2)4-10(19-13(23)9(17)6-28)15(25)20-11(5-12(21)22)14(24)18-8(3)16(26)27/h7-11,28H,4-6,17H2,1-3H3,(H,18,24)(H,19,23)(H,20,25)(H,21,22)(H,26,27). The Labute approximate surface area is 168 Å². The molecule has 0 saturated carbocycles. The molecule has 3 amide bonds. The molecule has 11 nitrogen and oxygen atoms in total. The molecule has 0 heterocycles. The highest BCUT2D eigenvalue weighted by Crippen LogP contribution is 2.07. The molecule has 0 rings (SSSR count). The number of hydrogen-bond donors (Lipinski definition) is 7. The molecule has 0 aromatic heterocycles. The summed E-state index contributed by atoms with van der Waals surface area (Å²) in [4.78, 5) is 58.6. The highest BCUT2D eigenvalue weighted by atomic mass is 32.1. The SMILES string of the molecule is CC(C)CC(NC(=O)C(N)CS)C(=O)NC(CC(=O)O)C(=O)NC(C)C(=O)O. The third-order valence-electron chi connectivity index (χ3n) is 3.61. The number of thiol groups is 1. The van der Waals surface area contributed by atoms with Gasteiger partial charge < -0.3 is 31.9 Å². The van der Waals surface area contributed by atoms with Gasteiger partial charge in [0, 0.05) is 5.75 Å². The van der Waals surface area contributed by atoms with Gasteiger partial charge in [0.15, 0.2) is 0 Å². The predicted molar refractivity (Wildman–Crippen MR) is 103 cm³/mol. The number of carbonyl (C=O) groups is 5. The van der Waals surface area contributed by atoms with E-state index < -0.39 is 60.2 Å². The van der Waals surface area contributed by atoms with Crippen LogP contribution in [0.3, 0.4) is 0 Å². The van der Waals surface area contributed by atoms with E-state index in [1.54, 1.807) is 13.8 Å². The lowest BCUT2D eigenvalue weighted by Crippen LogP contribution is -2.57. The zero-order valence-corrected chi connectivity index (χ0v) is 16.9. The van der Waals surface area contributed by atoms with Gasteiger partial charge in [0.05, 0.1) is 12.5 Å². The summed E-state index contributed by atoms with van der Waals surface area (Å²) in [5, 5.41) is 24.7. The lowest BCUT2D eigenvalue weighted by molar-refractivity contribution is -0.143. The zero-order valence-electron chi connectivity index (χ0n) is 16.0. The van der Waals surface area contributed by atoms with E-state index in [-0.39, 0.29) is 18.1 Å². The summed E-state index contributed by atoms with van der Waals surface area (Å²) < 4.78 is 0. The Balaban J connectivity index is 5.32. The first-order valence-corrected chi connectivity index (χ1v) is 9.24. The van der Waals surface area contributed by atoms with Crippen LogP contribution in [0.1, 0.15) is 33.6 Å². The van der Waals surface area contributed by atoms with E-state index in [9.17, 15) is 24.0 Å². The smallest absolute Gasteiger partial charge is 0.325 e. The Morgan fingerprint density at radius 1 is 0.893 bits per heavy atom. The van der Waals surface area contributed by atoms with E-state index in [0.717, 1.165) is 0 Å². The van der Waals surface area contributed by atoms with Gasteiger partial charge in [-0.25, -0.2) is 0 Å². The summed E-state index contributed by atoms with van der Waals surface area (Å²) in [5.41, 5.74) is 5.58. The molecular weight excluding hydrogens is 392 g/mol. The van der Waals surface area contributed by atoms with Crippen molar-refractivity contribution in [2.24, 2.45) is 11.7 Å². The topological polar surface area (TPSA) is 188 Å². The summed E-state index contributed by atoms with van der Waals surface area (Å²) in [5.74, 6) is -5.01. The molecule has 0 fully saturated rings. The van der Waals surface area contributed by atoms with Crippen LogP contribution < -0.4 is 21.7 Å². The molecule has 0 aromatic rings. The Kier molecular flexibility index (Phi) is 11.2. The van der Waals surface area contributed by atoms with Crippen LogP contribution in [0, 0.1) is 5.92 Å². The minimum Gasteiger partial charge on any atom is -0.481 e. The van der Waals surface area contributed by atoms with Crippen molar-refractivity contribution in [3.05, 3.63) is 0 Å². The fourth-order valence-electron chi connectivity index (χ4n) is 2.10. The van der Waals surface area contributed by atoms with Crippen molar-refractivity contribution in [2.45, 2.75) is 57.8 Å². The van der Waals surface area contributed by atoms with Crippen molar-refractivity contribution in [3.8, 4) is 0 Å². The molecule has 0 radical (unpaired) electrons. The predicted octanol–water partition coefficient (Wildman–Crippen LogP) is -1.68. The molecule has 0 aliphatic carbocycles. The number of amides is 3. The van der Waals surface area contributed by atoms with Gasteiger partial charge >= 0.3 is 11.9 Å². The van der Waals surface area contributed by atoms with Crippen LogP contribution in [-0.4, -0.2) is 69.8 Å². The molecule has 0 aliphatic heterocycles. The second kappa shape index (κ2) is 12.2. The monoisotopic (exact) mass is 420 g/mol. The van der Waals surface area contributed by atoms with E-state index in [1.165, 1.54) is 6.92 Å². The van der Waals surface area contributed by atoms with E-state index in [0.29, 0.717) is 0 Å². The van der Waals surface area contributed by atoms with Crippen molar-refractivity contribution in [2.75, 3.05) is 5.75 Å². The Morgan fingerprint density at radius 3 is 1.82 bits per heavy atom. The third-order valence-corrected chi connectivity index (χ3v) is 4.01. The van der Waals surface area contributed by atoms with Crippen LogP contribution in [0.5, 0.6) is 0 Å². The van der Waals surface area contributed by atoms with Crippen molar-refractivity contribution >= 4 is 42.3 Å². The van der Waals surface area contributed by atoms with E-state index in [1.807, 2.05) is 0 Å². The third kappa shape index (κ3) is 9.55. The zero-order chi connectivity index (χ0) is 22.0. The number of carbonyl (C=O) groups excluding carboxylic acids is 3. The quantitative estimate of drug-likeness (QED) is 0.182. The van der Waals surface area contributed by atoms with Gasteiger partial charge in [-0.15, -0.1) is 0 Å². The van der Waals surface area contributed by atoms with E-state index in [4.69, 9.17) is 15.9 Å². The number of hydrogen-bond acceptors (Lipinski definition) is 7. The maximum atomic E-state index is 12.6. The normalized spacial score (nSPS) is 15.1. The van der Waals surface area contributed by atoms with Gasteiger partial charge in [0.25, 0.3) is 0 Å².